The molecule has 1 rings (SSSR count). The van der Waals surface area contributed by atoms with E-state index in [4.69, 9.17) is 9.29 Å². The van der Waals surface area contributed by atoms with Crippen molar-refractivity contribution in [2.75, 3.05) is 33.4 Å². The molecule has 0 aromatic carbocycles. The third-order valence-corrected chi connectivity index (χ3v) is 1.68. The number of nitrogens with zero attached hydrogens (tertiary/aromatic N) is 1. The minimum atomic E-state index is 0. The van der Waals surface area contributed by atoms with Crippen molar-refractivity contribution < 1.29 is 16.2 Å². The van der Waals surface area contributed by atoms with Gasteiger partial charge in [0.25, 0.3) is 0 Å². The van der Waals surface area contributed by atoms with Crippen molar-refractivity contribution in [1.82, 2.24) is 4.31 Å². The van der Waals surface area contributed by atoms with Crippen LogP contribution in [0.25, 0.3) is 0 Å². The molecule has 0 aromatic heterocycles. The molecule has 0 saturated carbocycles. The highest BCUT2D eigenvalue weighted by Gasteiger charge is 2.08. The van der Waals surface area contributed by atoms with Crippen molar-refractivity contribution in [3.63, 3.8) is 0 Å². The molecule has 0 unspecified atom stereocenters. The summed E-state index contributed by atoms with van der Waals surface area (Å²) in [6, 6.07) is 0. The lowest BCUT2D eigenvalue weighted by molar-refractivity contribution is 0.0753. The molecule has 5 nitrogen and oxygen atoms in total. The van der Waals surface area contributed by atoms with Crippen molar-refractivity contribution in [3.8, 4) is 0 Å². The zero-order chi connectivity index (χ0) is 7.82. The molecule has 0 spiro atoms. The molecule has 0 radical (unpaired) electrons. The standard InChI is InChI=1S/C4H9NO2S.CH5N.H2O.H2/c6-8-5-1-3-7-4-2-5;1-2;;/h6H,1-4H2;2H2,1H3;1H2;1H. The summed E-state index contributed by atoms with van der Waals surface area (Å²) in [5.74, 6) is 0. The molecule has 1 aliphatic rings. The molecule has 1 fully saturated rings. The molecule has 6 heteroatoms. The van der Waals surface area contributed by atoms with Crippen LogP contribution in [0.2, 0.25) is 0 Å². The molecule has 0 aliphatic carbocycles. The summed E-state index contributed by atoms with van der Waals surface area (Å²) < 4.78 is 15.4. The van der Waals surface area contributed by atoms with Crippen LogP contribution in [0.5, 0.6) is 0 Å². The molecule has 1 heterocycles. The first-order chi connectivity index (χ1) is 4.93. The molecular formula is C5H18N2O3S. The van der Waals surface area contributed by atoms with Crippen LogP contribution in [-0.4, -0.2) is 47.7 Å². The van der Waals surface area contributed by atoms with Gasteiger partial charge in [0.2, 0.25) is 0 Å². The predicted octanol–water partition coefficient (Wildman–Crippen LogP) is -0.564. The highest BCUT2D eigenvalue weighted by Crippen LogP contribution is 2.05. The normalized spacial score (nSPS) is 17.7. The lowest BCUT2D eigenvalue weighted by atomic mass is 10.5. The molecule has 0 atom stereocenters. The van der Waals surface area contributed by atoms with Gasteiger partial charge in [0.05, 0.1) is 25.4 Å². The van der Waals surface area contributed by atoms with E-state index in [1.165, 1.54) is 7.05 Å². The van der Waals surface area contributed by atoms with E-state index in [1.807, 2.05) is 4.31 Å². The zero-order valence-electron chi connectivity index (χ0n) is 6.62. The van der Waals surface area contributed by atoms with E-state index in [9.17, 15) is 0 Å². The first-order valence-electron chi connectivity index (χ1n) is 3.15. The van der Waals surface area contributed by atoms with Gasteiger partial charge in [0.1, 0.15) is 0 Å². The van der Waals surface area contributed by atoms with Crippen LogP contribution in [0.15, 0.2) is 0 Å². The Morgan fingerprint density at radius 2 is 1.91 bits per heavy atom. The Labute approximate surface area is 72.6 Å². The maximum atomic E-state index is 8.48. The van der Waals surface area contributed by atoms with Crippen LogP contribution in [0.3, 0.4) is 0 Å². The Bertz CT molecular complexity index is 75.7. The van der Waals surface area contributed by atoms with Crippen LogP contribution in [-0.2, 0) is 4.74 Å². The smallest absolute Gasteiger partial charge is 0.0791 e. The second-order valence-corrected chi connectivity index (χ2v) is 2.30. The van der Waals surface area contributed by atoms with Gasteiger partial charge < -0.3 is 20.5 Å². The molecule has 11 heavy (non-hydrogen) atoms. The summed E-state index contributed by atoms with van der Waals surface area (Å²) in [5.41, 5.74) is 4.50. The second kappa shape index (κ2) is 10.2. The summed E-state index contributed by atoms with van der Waals surface area (Å²) in [7, 11) is 1.50. The Hall–Kier alpha value is 0.150. The van der Waals surface area contributed by atoms with Crippen molar-refractivity contribution in [3.05, 3.63) is 0 Å². The van der Waals surface area contributed by atoms with E-state index >= 15 is 0 Å². The quantitative estimate of drug-likeness (QED) is 0.423. The maximum Gasteiger partial charge on any atom is 0.0791 e. The summed E-state index contributed by atoms with van der Waals surface area (Å²) in [5, 5.41) is 0. The Morgan fingerprint density at radius 3 is 2.18 bits per heavy atom. The van der Waals surface area contributed by atoms with Gasteiger partial charge >= 0.3 is 0 Å². The third kappa shape index (κ3) is 6.54. The summed E-state index contributed by atoms with van der Waals surface area (Å²) in [4.78, 5) is 0. The van der Waals surface area contributed by atoms with Gasteiger partial charge in [-0.2, -0.15) is 0 Å². The lowest BCUT2D eigenvalue weighted by Gasteiger charge is -2.21. The fourth-order valence-electron chi connectivity index (χ4n) is 0.628. The number of hydrogen-bond donors (Lipinski definition) is 2. The minimum absolute atomic E-state index is 0. The van der Waals surface area contributed by atoms with Gasteiger partial charge in [0, 0.05) is 14.5 Å². The van der Waals surface area contributed by atoms with Crippen molar-refractivity contribution >= 4 is 12.2 Å². The SMILES string of the molecule is CN.O.OSN1CCOCC1.[HH]. The van der Waals surface area contributed by atoms with Crippen molar-refractivity contribution in [2.45, 2.75) is 0 Å². The van der Waals surface area contributed by atoms with E-state index in [0.29, 0.717) is 0 Å². The van der Waals surface area contributed by atoms with Gasteiger partial charge in [-0.05, 0) is 7.05 Å². The van der Waals surface area contributed by atoms with Crippen molar-refractivity contribution in [2.24, 2.45) is 5.73 Å². The topological polar surface area (TPSA) is 90.2 Å². The van der Waals surface area contributed by atoms with E-state index in [2.05, 4.69) is 5.73 Å². The van der Waals surface area contributed by atoms with Gasteiger partial charge in [-0.15, -0.1) is 0 Å². The lowest BCUT2D eigenvalue weighted by Crippen LogP contribution is -2.30. The van der Waals surface area contributed by atoms with E-state index in [-0.39, 0.29) is 6.90 Å². The van der Waals surface area contributed by atoms with Gasteiger partial charge in [0.15, 0.2) is 0 Å². The highest BCUT2D eigenvalue weighted by molar-refractivity contribution is 7.91. The minimum Gasteiger partial charge on any atom is -0.412 e. The maximum absolute atomic E-state index is 8.48. The summed E-state index contributed by atoms with van der Waals surface area (Å²) >= 11 is 0.799. The number of nitrogens with two attached hydrogens (primary N) is 1. The highest BCUT2D eigenvalue weighted by atomic mass is 32.2. The van der Waals surface area contributed by atoms with E-state index in [1.54, 1.807) is 0 Å². The Kier molecular flexibility index (Phi) is 12.7. The fraction of sp³-hybridized carbons (Fsp3) is 1.00. The summed E-state index contributed by atoms with van der Waals surface area (Å²) in [6.45, 7) is 3.16. The van der Waals surface area contributed by atoms with Gasteiger partial charge in [-0.1, -0.05) is 0 Å². The summed E-state index contributed by atoms with van der Waals surface area (Å²) in [6.07, 6.45) is 0. The number of rotatable bonds is 1. The van der Waals surface area contributed by atoms with Crippen LogP contribution in [0.1, 0.15) is 1.43 Å². The number of ether oxygens (including phenoxy) is 1. The van der Waals surface area contributed by atoms with Crippen LogP contribution in [0, 0.1) is 0 Å². The van der Waals surface area contributed by atoms with Gasteiger partial charge in [-0.25, -0.2) is 4.31 Å². The monoisotopic (exact) mass is 186 g/mol. The van der Waals surface area contributed by atoms with Gasteiger partial charge in [-0.3, -0.25) is 0 Å². The average Bonchev–Trinajstić information content (AvgIpc) is 2.10. The molecule has 0 bridgehead atoms. The second-order valence-electron chi connectivity index (χ2n) is 1.62. The molecule has 1 saturated heterocycles. The fourth-order valence-corrected chi connectivity index (χ4v) is 0.941. The Balaban J connectivity index is -0.000000189. The average molecular weight is 186 g/mol. The molecule has 0 amide bonds. The zero-order valence-corrected chi connectivity index (χ0v) is 7.43. The number of hydrogen-bond acceptors (Lipinski definition) is 5. The Morgan fingerprint density at radius 1 is 1.45 bits per heavy atom. The first-order valence-corrected chi connectivity index (χ1v) is 3.88. The molecule has 0 aromatic rings. The van der Waals surface area contributed by atoms with Crippen LogP contribution in [0.4, 0.5) is 0 Å². The predicted molar refractivity (Wildman–Crippen MR) is 48.5 cm³/mol. The van der Waals surface area contributed by atoms with Crippen LogP contribution >= 0.6 is 12.2 Å². The molecule has 5 N–H and O–H groups in total. The van der Waals surface area contributed by atoms with Crippen molar-refractivity contribution in [1.29, 1.82) is 0 Å². The first kappa shape index (κ1) is 13.7. The molecule has 1 aliphatic heterocycles. The third-order valence-electron chi connectivity index (χ3n) is 1.09. The van der Waals surface area contributed by atoms with Crippen LogP contribution < -0.4 is 5.73 Å². The van der Waals surface area contributed by atoms with E-state index < -0.39 is 0 Å². The molecule has 72 valence electrons. The number of morpholine rings is 1. The largest absolute Gasteiger partial charge is 0.412 e. The van der Waals surface area contributed by atoms with E-state index in [0.717, 1.165) is 38.5 Å². The molecular weight excluding hydrogens is 168 g/mol.